The van der Waals surface area contributed by atoms with E-state index in [0.717, 1.165) is 6.92 Å². The third-order valence-corrected chi connectivity index (χ3v) is 2.52. The SMILES string of the molecule is CC(=O)Nc1ccc2c(c1)C(=O)N(C(C)=O)C2=O. The van der Waals surface area contributed by atoms with Crippen LogP contribution in [-0.2, 0) is 9.59 Å². The Balaban J connectivity index is 2.46. The van der Waals surface area contributed by atoms with Crippen LogP contribution >= 0.6 is 0 Å². The second kappa shape index (κ2) is 4.06. The smallest absolute Gasteiger partial charge is 0.268 e. The Morgan fingerprint density at radius 3 is 2.22 bits per heavy atom. The van der Waals surface area contributed by atoms with E-state index >= 15 is 0 Å². The van der Waals surface area contributed by atoms with Crippen LogP contribution < -0.4 is 5.32 Å². The van der Waals surface area contributed by atoms with Crippen LogP contribution in [0.1, 0.15) is 34.6 Å². The van der Waals surface area contributed by atoms with Crippen molar-refractivity contribution in [1.29, 1.82) is 0 Å². The first-order valence-corrected chi connectivity index (χ1v) is 5.23. The van der Waals surface area contributed by atoms with Crippen LogP contribution in [0.2, 0.25) is 0 Å². The molecule has 92 valence electrons. The van der Waals surface area contributed by atoms with Crippen LogP contribution in [0.25, 0.3) is 0 Å². The van der Waals surface area contributed by atoms with Crippen molar-refractivity contribution in [2.75, 3.05) is 5.32 Å². The van der Waals surface area contributed by atoms with Gasteiger partial charge in [-0.2, -0.15) is 0 Å². The minimum absolute atomic E-state index is 0.126. The quantitative estimate of drug-likeness (QED) is 0.742. The molecule has 0 bridgehead atoms. The van der Waals surface area contributed by atoms with Crippen molar-refractivity contribution >= 4 is 29.3 Å². The van der Waals surface area contributed by atoms with Gasteiger partial charge in [-0.15, -0.1) is 0 Å². The lowest BCUT2D eigenvalue weighted by molar-refractivity contribution is -0.124. The van der Waals surface area contributed by atoms with Crippen molar-refractivity contribution in [2.45, 2.75) is 13.8 Å². The summed E-state index contributed by atoms with van der Waals surface area (Å²) in [6, 6.07) is 4.32. The lowest BCUT2D eigenvalue weighted by Crippen LogP contribution is -2.33. The Morgan fingerprint density at radius 1 is 1.06 bits per heavy atom. The molecule has 18 heavy (non-hydrogen) atoms. The number of amides is 4. The predicted molar refractivity (Wildman–Crippen MR) is 61.9 cm³/mol. The highest BCUT2D eigenvalue weighted by Gasteiger charge is 2.38. The lowest BCUT2D eigenvalue weighted by Gasteiger charge is -2.06. The summed E-state index contributed by atoms with van der Waals surface area (Å²) in [5, 5.41) is 2.51. The van der Waals surface area contributed by atoms with Crippen LogP contribution in [-0.4, -0.2) is 28.5 Å². The molecule has 0 unspecified atom stereocenters. The zero-order chi connectivity index (χ0) is 13.4. The summed E-state index contributed by atoms with van der Waals surface area (Å²) in [4.78, 5) is 46.3. The molecule has 1 aliphatic heterocycles. The number of carbonyl (C=O) groups is 4. The summed E-state index contributed by atoms with van der Waals surface area (Å²) in [7, 11) is 0. The van der Waals surface area contributed by atoms with Crippen LogP contribution in [0.5, 0.6) is 0 Å². The minimum Gasteiger partial charge on any atom is -0.326 e. The fourth-order valence-corrected chi connectivity index (χ4v) is 1.81. The van der Waals surface area contributed by atoms with Crippen LogP contribution in [0, 0.1) is 0 Å². The molecular formula is C12H10N2O4. The molecule has 0 atom stereocenters. The summed E-state index contributed by atoms with van der Waals surface area (Å²) in [6.45, 7) is 2.48. The molecule has 6 heteroatoms. The number of fused-ring (bicyclic) bond motifs is 1. The van der Waals surface area contributed by atoms with Crippen molar-refractivity contribution in [1.82, 2.24) is 4.90 Å². The Kier molecular flexibility index (Phi) is 2.70. The number of hydrogen-bond acceptors (Lipinski definition) is 4. The number of benzene rings is 1. The topological polar surface area (TPSA) is 83.6 Å². The van der Waals surface area contributed by atoms with E-state index in [1.807, 2.05) is 0 Å². The maximum absolute atomic E-state index is 11.9. The van der Waals surface area contributed by atoms with Gasteiger partial charge in [-0.1, -0.05) is 0 Å². The number of hydrogen-bond donors (Lipinski definition) is 1. The van der Waals surface area contributed by atoms with Gasteiger partial charge in [-0.25, -0.2) is 4.90 Å². The molecule has 0 aliphatic carbocycles. The van der Waals surface area contributed by atoms with Gasteiger partial charge >= 0.3 is 0 Å². The predicted octanol–water partition coefficient (Wildman–Crippen LogP) is 0.787. The number of anilines is 1. The van der Waals surface area contributed by atoms with Gasteiger partial charge in [0.1, 0.15) is 0 Å². The molecule has 1 aliphatic rings. The number of rotatable bonds is 1. The molecule has 2 rings (SSSR count). The Hall–Kier alpha value is -2.50. The molecule has 1 aromatic rings. The number of nitrogens with one attached hydrogen (secondary N) is 1. The summed E-state index contributed by atoms with van der Waals surface area (Å²) in [5.41, 5.74) is 0.707. The summed E-state index contributed by atoms with van der Waals surface area (Å²) < 4.78 is 0. The van der Waals surface area contributed by atoms with Crippen molar-refractivity contribution in [3.63, 3.8) is 0 Å². The highest BCUT2D eigenvalue weighted by molar-refractivity contribution is 6.28. The van der Waals surface area contributed by atoms with E-state index in [4.69, 9.17) is 0 Å². The van der Waals surface area contributed by atoms with Crippen molar-refractivity contribution < 1.29 is 19.2 Å². The molecule has 0 saturated heterocycles. The highest BCUT2D eigenvalue weighted by Crippen LogP contribution is 2.25. The Morgan fingerprint density at radius 2 is 1.67 bits per heavy atom. The van der Waals surface area contributed by atoms with Crippen molar-refractivity contribution in [3.8, 4) is 0 Å². The molecule has 0 fully saturated rings. The average molecular weight is 246 g/mol. The standard InChI is InChI=1S/C12H10N2O4/c1-6(15)13-8-3-4-9-10(5-8)12(18)14(7(2)16)11(9)17/h3-5H,1-2H3,(H,13,15). The summed E-state index contributed by atoms with van der Waals surface area (Å²) in [6.07, 6.45) is 0. The van der Waals surface area contributed by atoms with Crippen molar-refractivity contribution in [3.05, 3.63) is 29.3 Å². The Bertz CT molecular complexity index is 592. The molecule has 0 aromatic heterocycles. The minimum atomic E-state index is -0.658. The van der Waals surface area contributed by atoms with Gasteiger partial charge in [0.25, 0.3) is 11.8 Å². The van der Waals surface area contributed by atoms with E-state index in [2.05, 4.69) is 5.32 Å². The number of carbonyl (C=O) groups excluding carboxylic acids is 4. The van der Waals surface area contributed by atoms with Gasteiger partial charge in [-0.3, -0.25) is 19.2 Å². The molecular weight excluding hydrogens is 236 g/mol. The van der Waals surface area contributed by atoms with E-state index in [-0.39, 0.29) is 17.0 Å². The fourth-order valence-electron chi connectivity index (χ4n) is 1.81. The first kappa shape index (κ1) is 12.0. The summed E-state index contributed by atoms with van der Waals surface area (Å²) in [5.74, 6) is -2.19. The molecule has 4 amide bonds. The second-order valence-corrected chi connectivity index (χ2v) is 3.91. The first-order valence-electron chi connectivity index (χ1n) is 5.23. The highest BCUT2D eigenvalue weighted by atomic mass is 16.2. The van der Waals surface area contributed by atoms with E-state index < -0.39 is 17.7 Å². The normalized spacial score (nSPS) is 13.6. The van der Waals surface area contributed by atoms with Crippen LogP contribution in [0.4, 0.5) is 5.69 Å². The molecule has 1 heterocycles. The Labute approximate surface area is 103 Å². The third-order valence-electron chi connectivity index (χ3n) is 2.52. The van der Waals surface area contributed by atoms with Crippen molar-refractivity contribution in [2.24, 2.45) is 0 Å². The van der Waals surface area contributed by atoms with Gasteiger partial charge in [-0.05, 0) is 18.2 Å². The van der Waals surface area contributed by atoms with Crippen LogP contribution in [0.3, 0.4) is 0 Å². The number of imide groups is 3. The zero-order valence-corrected chi connectivity index (χ0v) is 9.81. The fraction of sp³-hybridized carbons (Fsp3) is 0.167. The molecule has 0 spiro atoms. The summed E-state index contributed by atoms with van der Waals surface area (Å²) >= 11 is 0. The number of nitrogens with zero attached hydrogens (tertiary/aromatic N) is 1. The molecule has 1 N–H and O–H groups in total. The molecule has 6 nitrogen and oxygen atoms in total. The maximum atomic E-state index is 11.9. The van der Waals surface area contributed by atoms with Gasteiger partial charge in [0, 0.05) is 19.5 Å². The molecule has 0 saturated carbocycles. The first-order chi connectivity index (χ1) is 8.41. The van der Waals surface area contributed by atoms with Gasteiger partial charge in [0.2, 0.25) is 11.8 Å². The van der Waals surface area contributed by atoms with Gasteiger partial charge < -0.3 is 5.32 Å². The largest absolute Gasteiger partial charge is 0.326 e. The van der Waals surface area contributed by atoms with Gasteiger partial charge in [0.05, 0.1) is 11.1 Å². The van der Waals surface area contributed by atoms with E-state index in [1.54, 1.807) is 0 Å². The van der Waals surface area contributed by atoms with E-state index in [1.165, 1.54) is 25.1 Å². The monoisotopic (exact) mass is 246 g/mol. The average Bonchev–Trinajstić information content (AvgIpc) is 2.50. The maximum Gasteiger partial charge on any atom is 0.268 e. The lowest BCUT2D eigenvalue weighted by atomic mass is 10.1. The van der Waals surface area contributed by atoms with E-state index in [0.29, 0.717) is 10.6 Å². The molecule has 0 radical (unpaired) electrons. The zero-order valence-electron chi connectivity index (χ0n) is 9.81. The molecule has 1 aromatic carbocycles. The second-order valence-electron chi connectivity index (χ2n) is 3.91. The van der Waals surface area contributed by atoms with Crippen LogP contribution in [0.15, 0.2) is 18.2 Å². The van der Waals surface area contributed by atoms with E-state index in [9.17, 15) is 19.2 Å². The third kappa shape index (κ3) is 1.77. The van der Waals surface area contributed by atoms with Gasteiger partial charge in [0.15, 0.2) is 0 Å².